The van der Waals surface area contributed by atoms with Gasteiger partial charge in [-0.3, -0.25) is 4.79 Å². The zero-order valence-corrected chi connectivity index (χ0v) is 18.2. The van der Waals surface area contributed by atoms with Gasteiger partial charge in [-0.15, -0.1) is 0 Å². The third kappa shape index (κ3) is 4.11. The number of allylic oxidation sites excluding steroid dienone is 1. The number of anilines is 2. The van der Waals surface area contributed by atoms with Crippen LogP contribution >= 0.6 is 11.6 Å². The van der Waals surface area contributed by atoms with Crippen LogP contribution in [0.3, 0.4) is 0 Å². The Morgan fingerprint density at radius 3 is 2.36 bits per heavy atom. The monoisotopic (exact) mass is 468 g/mol. The Balaban J connectivity index is 1.63. The second kappa shape index (κ2) is 8.27. The van der Waals surface area contributed by atoms with Crippen molar-refractivity contribution in [3.05, 3.63) is 106 Å². The average molecular weight is 469 g/mol. The quantitative estimate of drug-likeness (QED) is 0.413. The van der Waals surface area contributed by atoms with Crippen LogP contribution < -0.4 is 10.6 Å². The molecule has 0 radical (unpaired) electrons. The van der Waals surface area contributed by atoms with Crippen LogP contribution in [0.5, 0.6) is 0 Å². The molecule has 0 saturated carbocycles. The molecule has 0 unspecified atom stereocenters. The second-order valence-corrected chi connectivity index (χ2v) is 8.72. The molecular weight excluding hydrogens is 449 g/mol. The summed E-state index contributed by atoms with van der Waals surface area (Å²) in [5, 5.41) is 7.30. The van der Waals surface area contributed by atoms with Gasteiger partial charge in [0.25, 0.3) is 0 Å². The van der Waals surface area contributed by atoms with Crippen molar-refractivity contribution in [2.75, 3.05) is 10.6 Å². The van der Waals surface area contributed by atoms with Crippen LogP contribution in [0.2, 0.25) is 5.02 Å². The van der Waals surface area contributed by atoms with Gasteiger partial charge in [0.15, 0.2) is 5.78 Å². The van der Waals surface area contributed by atoms with Gasteiger partial charge in [-0.25, -0.2) is 0 Å². The molecular formula is C26H20ClF3N2O. The Hall–Kier alpha value is -3.25. The molecule has 3 aromatic carbocycles. The van der Waals surface area contributed by atoms with Crippen LogP contribution in [-0.2, 0) is 11.0 Å². The maximum absolute atomic E-state index is 13.5. The number of nitrogens with one attached hydrogen (secondary N) is 2. The van der Waals surface area contributed by atoms with E-state index in [0.717, 1.165) is 29.1 Å². The van der Waals surface area contributed by atoms with E-state index >= 15 is 0 Å². The summed E-state index contributed by atoms with van der Waals surface area (Å²) < 4.78 is 40.2. The van der Waals surface area contributed by atoms with E-state index in [9.17, 15) is 18.0 Å². The van der Waals surface area contributed by atoms with Crippen LogP contribution in [0.1, 0.15) is 41.5 Å². The molecule has 2 N–H and O–H groups in total. The molecule has 2 atom stereocenters. The van der Waals surface area contributed by atoms with Crippen molar-refractivity contribution in [3.63, 3.8) is 0 Å². The Kier molecular flexibility index (Phi) is 5.41. The van der Waals surface area contributed by atoms with Gasteiger partial charge in [-0.1, -0.05) is 54.1 Å². The molecule has 0 fully saturated rings. The summed E-state index contributed by atoms with van der Waals surface area (Å²) in [6.45, 7) is 0. The van der Waals surface area contributed by atoms with E-state index in [1.807, 2.05) is 42.5 Å². The summed E-state index contributed by atoms with van der Waals surface area (Å²) in [7, 11) is 0. The lowest BCUT2D eigenvalue weighted by Crippen LogP contribution is -2.27. The van der Waals surface area contributed by atoms with Crippen LogP contribution in [0, 0.1) is 0 Å². The largest absolute Gasteiger partial charge is 0.416 e. The second-order valence-electron chi connectivity index (χ2n) is 8.31. The SMILES string of the molecule is O=C1C[C@H](c2ccccc2Cl)CC2=C1[C@@H](c1cccc(C(F)(F)F)c1)Nc1ccccc1N2. The van der Waals surface area contributed by atoms with Crippen LogP contribution in [0.4, 0.5) is 24.5 Å². The summed E-state index contributed by atoms with van der Waals surface area (Å²) in [6.07, 6.45) is -3.71. The van der Waals surface area contributed by atoms with Crippen LogP contribution in [0.25, 0.3) is 0 Å². The van der Waals surface area contributed by atoms with Crippen molar-refractivity contribution < 1.29 is 18.0 Å². The molecule has 0 spiro atoms. The van der Waals surface area contributed by atoms with Gasteiger partial charge in [0.1, 0.15) is 0 Å². The first-order valence-electron chi connectivity index (χ1n) is 10.6. The van der Waals surface area contributed by atoms with Gasteiger partial charge in [0.05, 0.1) is 23.0 Å². The standard InChI is InChI=1S/C26H20ClF3N2O/c27-19-9-2-1-8-18(19)16-13-22-24(23(33)14-16)25(32-21-11-4-3-10-20(21)31-22)15-6-5-7-17(12-15)26(28,29)30/h1-12,16,25,31-32H,13-14H2/t16-,25-/m1/s1. The predicted molar refractivity (Wildman–Crippen MR) is 123 cm³/mol. The van der Waals surface area contributed by atoms with Crippen molar-refractivity contribution in [1.82, 2.24) is 0 Å². The molecule has 5 rings (SSSR count). The minimum atomic E-state index is -4.47. The van der Waals surface area contributed by atoms with Crippen molar-refractivity contribution in [3.8, 4) is 0 Å². The Morgan fingerprint density at radius 2 is 1.61 bits per heavy atom. The highest BCUT2D eigenvalue weighted by Gasteiger charge is 2.37. The molecule has 7 heteroatoms. The zero-order valence-electron chi connectivity index (χ0n) is 17.4. The number of halogens is 4. The van der Waals surface area contributed by atoms with Crippen molar-refractivity contribution in [2.24, 2.45) is 0 Å². The molecule has 1 heterocycles. The van der Waals surface area contributed by atoms with E-state index in [-0.39, 0.29) is 18.1 Å². The van der Waals surface area contributed by atoms with Crippen LogP contribution in [-0.4, -0.2) is 5.78 Å². The number of fused-ring (bicyclic) bond motifs is 1. The fourth-order valence-corrected chi connectivity index (χ4v) is 4.95. The van der Waals surface area contributed by atoms with E-state index in [0.29, 0.717) is 28.3 Å². The number of para-hydroxylation sites is 2. The predicted octanol–water partition coefficient (Wildman–Crippen LogP) is 7.34. The maximum atomic E-state index is 13.5. The summed E-state index contributed by atoms with van der Waals surface area (Å²) >= 11 is 6.41. The number of carbonyl (C=O) groups excluding carboxylic acids is 1. The van der Waals surface area contributed by atoms with Gasteiger partial charge < -0.3 is 10.6 Å². The van der Waals surface area contributed by atoms with Crippen molar-refractivity contribution in [1.29, 1.82) is 0 Å². The highest BCUT2D eigenvalue weighted by Crippen LogP contribution is 2.45. The van der Waals surface area contributed by atoms with Gasteiger partial charge in [-0.2, -0.15) is 13.2 Å². The first-order valence-corrected chi connectivity index (χ1v) is 11.0. The first kappa shape index (κ1) is 21.6. The molecule has 2 aliphatic rings. The number of Topliss-reactive ketones (excluding diaryl/α,β-unsaturated/α-hetero) is 1. The van der Waals surface area contributed by atoms with E-state index in [4.69, 9.17) is 11.6 Å². The molecule has 3 aromatic rings. The summed E-state index contributed by atoms with van der Waals surface area (Å²) in [6, 6.07) is 19.3. The molecule has 168 valence electrons. The van der Waals surface area contributed by atoms with Gasteiger partial charge in [0, 0.05) is 22.7 Å². The number of alkyl halides is 3. The van der Waals surface area contributed by atoms with Gasteiger partial charge in [0.2, 0.25) is 0 Å². The summed E-state index contributed by atoms with van der Waals surface area (Å²) in [5.41, 5.74) is 3.20. The zero-order chi connectivity index (χ0) is 23.2. The van der Waals surface area contributed by atoms with Gasteiger partial charge >= 0.3 is 6.18 Å². The molecule has 3 nitrogen and oxygen atoms in total. The van der Waals surface area contributed by atoms with E-state index in [2.05, 4.69) is 10.6 Å². The lowest BCUT2D eigenvalue weighted by molar-refractivity contribution is -0.137. The Morgan fingerprint density at radius 1 is 0.879 bits per heavy atom. The molecule has 33 heavy (non-hydrogen) atoms. The lowest BCUT2D eigenvalue weighted by Gasteiger charge is -2.30. The smallest absolute Gasteiger partial charge is 0.372 e. The first-order chi connectivity index (χ1) is 15.8. The molecule has 0 saturated heterocycles. The molecule has 1 aliphatic carbocycles. The average Bonchev–Trinajstić information content (AvgIpc) is 2.96. The third-order valence-corrected chi connectivity index (χ3v) is 6.55. The number of carbonyl (C=O) groups is 1. The number of hydrogen-bond donors (Lipinski definition) is 2. The number of benzene rings is 3. The van der Waals surface area contributed by atoms with Crippen molar-refractivity contribution >= 4 is 28.8 Å². The fraction of sp³-hybridized carbons (Fsp3) is 0.192. The topological polar surface area (TPSA) is 41.1 Å². The number of rotatable bonds is 2. The fourth-order valence-electron chi connectivity index (χ4n) is 4.66. The highest BCUT2D eigenvalue weighted by molar-refractivity contribution is 6.31. The van der Waals surface area contributed by atoms with Gasteiger partial charge in [-0.05, 0) is 53.8 Å². The number of hydrogen-bond acceptors (Lipinski definition) is 3. The minimum Gasteiger partial charge on any atom is -0.372 e. The van der Waals surface area contributed by atoms with Crippen LogP contribution in [0.15, 0.2) is 84.1 Å². The normalized spacial score (nSPS) is 20.3. The lowest BCUT2D eigenvalue weighted by atomic mass is 9.78. The Labute approximate surface area is 194 Å². The maximum Gasteiger partial charge on any atom is 0.416 e. The van der Waals surface area contributed by atoms with Crippen molar-refractivity contribution in [2.45, 2.75) is 31.0 Å². The molecule has 0 bridgehead atoms. The Bertz CT molecular complexity index is 1270. The number of ketones is 1. The summed E-state index contributed by atoms with van der Waals surface area (Å²) in [4.78, 5) is 13.5. The van der Waals surface area contributed by atoms with E-state index in [1.54, 1.807) is 12.1 Å². The molecule has 0 amide bonds. The van der Waals surface area contributed by atoms with E-state index in [1.165, 1.54) is 6.07 Å². The van der Waals surface area contributed by atoms with E-state index < -0.39 is 17.8 Å². The minimum absolute atomic E-state index is 0.114. The molecule has 0 aromatic heterocycles. The summed E-state index contributed by atoms with van der Waals surface area (Å²) in [5.74, 6) is -0.235. The molecule has 1 aliphatic heterocycles. The third-order valence-electron chi connectivity index (χ3n) is 6.20. The highest BCUT2D eigenvalue weighted by atomic mass is 35.5.